The van der Waals surface area contributed by atoms with Crippen molar-refractivity contribution in [3.63, 3.8) is 0 Å². The third-order valence-corrected chi connectivity index (χ3v) is 4.71. The van der Waals surface area contributed by atoms with E-state index in [4.69, 9.17) is 9.47 Å². The molecule has 2 rings (SSSR count). The summed E-state index contributed by atoms with van der Waals surface area (Å²) >= 11 is 3.80. The van der Waals surface area contributed by atoms with Crippen molar-refractivity contribution in [2.24, 2.45) is 0 Å². The highest BCUT2D eigenvalue weighted by molar-refractivity contribution is 14.1. The van der Waals surface area contributed by atoms with Crippen molar-refractivity contribution >= 4 is 39.8 Å². The van der Waals surface area contributed by atoms with Crippen molar-refractivity contribution < 1.29 is 14.3 Å². The van der Waals surface area contributed by atoms with Crippen LogP contribution in [0.15, 0.2) is 11.4 Å². The van der Waals surface area contributed by atoms with Crippen LogP contribution in [0.2, 0.25) is 0 Å². The molecule has 0 radical (unpaired) electrons. The Morgan fingerprint density at radius 3 is 2.41 bits per heavy atom. The van der Waals surface area contributed by atoms with Crippen molar-refractivity contribution in [3.8, 4) is 0 Å². The summed E-state index contributed by atoms with van der Waals surface area (Å²) < 4.78 is 11.8. The van der Waals surface area contributed by atoms with E-state index in [1.807, 2.05) is 11.4 Å². The lowest BCUT2D eigenvalue weighted by Gasteiger charge is -2.14. The second-order valence-electron chi connectivity index (χ2n) is 3.90. The lowest BCUT2D eigenvalue weighted by atomic mass is 10.3. The first-order valence-electron chi connectivity index (χ1n) is 5.24. The van der Waals surface area contributed by atoms with Gasteiger partial charge in [0.25, 0.3) is 5.91 Å². The Morgan fingerprint density at radius 1 is 1.41 bits per heavy atom. The molecule has 2 atom stereocenters. The van der Waals surface area contributed by atoms with Crippen molar-refractivity contribution in [1.82, 2.24) is 4.90 Å². The highest BCUT2D eigenvalue weighted by Crippen LogP contribution is 2.22. The van der Waals surface area contributed by atoms with Gasteiger partial charge >= 0.3 is 0 Å². The summed E-state index contributed by atoms with van der Waals surface area (Å²) in [5.74, 6) is 0.0609. The number of ether oxygens (including phenoxy) is 2. The predicted molar refractivity (Wildman–Crippen MR) is 74.5 cm³/mol. The first-order chi connectivity index (χ1) is 8.15. The molecule has 94 valence electrons. The van der Waals surface area contributed by atoms with Crippen molar-refractivity contribution in [1.29, 1.82) is 0 Å². The Hall–Kier alpha value is -0.180. The molecule has 6 heteroatoms. The fourth-order valence-corrected chi connectivity index (χ4v) is 3.29. The molecule has 1 amide bonds. The van der Waals surface area contributed by atoms with E-state index in [2.05, 4.69) is 22.6 Å². The van der Waals surface area contributed by atoms with Gasteiger partial charge in [0.15, 0.2) is 0 Å². The number of nitrogens with zero attached hydrogens (tertiary/aromatic N) is 1. The van der Waals surface area contributed by atoms with Gasteiger partial charge < -0.3 is 14.4 Å². The van der Waals surface area contributed by atoms with Crippen LogP contribution in [0, 0.1) is 2.88 Å². The van der Waals surface area contributed by atoms with Gasteiger partial charge in [-0.25, -0.2) is 0 Å². The van der Waals surface area contributed by atoms with Gasteiger partial charge in [0, 0.05) is 32.7 Å². The van der Waals surface area contributed by atoms with E-state index < -0.39 is 0 Å². The normalized spacial score (nSPS) is 24.3. The predicted octanol–water partition coefficient (Wildman–Crippen LogP) is 1.84. The Morgan fingerprint density at radius 2 is 2.00 bits per heavy atom. The van der Waals surface area contributed by atoms with Gasteiger partial charge in [-0.2, -0.15) is 0 Å². The highest BCUT2D eigenvalue weighted by atomic mass is 127. The zero-order chi connectivity index (χ0) is 12.4. The molecule has 1 aliphatic rings. The van der Waals surface area contributed by atoms with Crippen molar-refractivity contribution in [2.75, 3.05) is 27.3 Å². The molecular formula is C11H14INO3S. The molecule has 2 heterocycles. The number of hydrogen-bond donors (Lipinski definition) is 0. The van der Waals surface area contributed by atoms with Gasteiger partial charge in [0.2, 0.25) is 0 Å². The summed E-state index contributed by atoms with van der Waals surface area (Å²) in [6, 6.07) is 1.91. The van der Waals surface area contributed by atoms with Crippen LogP contribution in [-0.4, -0.2) is 50.3 Å². The molecule has 0 bridgehead atoms. The Labute approximate surface area is 118 Å². The second kappa shape index (κ2) is 5.64. The summed E-state index contributed by atoms with van der Waals surface area (Å²) in [5, 5.41) is 1.89. The standard InChI is InChI=1S/C11H14INO3S/c1-15-8-4-13(5-9(8)16-2)11(14)7-3-10(12)17-6-7/h3,6,8-9H,4-5H2,1-2H3. The molecule has 0 saturated carbocycles. The van der Waals surface area contributed by atoms with E-state index in [1.54, 1.807) is 30.5 Å². The molecule has 2 unspecified atom stereocenters. The van der Waals surface area contributed by atoms with Gasteiger partial charge in [0.05, 0.1) is 8.45 Å². The first kappa shape index (κ1) is 13.3. The van der Waals surface area contributed by atoms with Gasteiger partial charge in [-0.15, -0.1) is 11.3 Å². The van der Waals surface area contributed by atoms with Crippen LogP contribution in [0.4, 0.5) is 0 Å². The number of halogens is 1. The largest absolute Gasteiger partial charge is 0.377 e. The monoisotopic (exact) mass is 367 g/mol. The van der Waals surface area contributed by atoms with Crippen LogP contribution in [0.5, 0.6) is 0 Å². The summed E-state index contributed by atoms with van der Waals surface area (Å²) in [4.78, 5) is 14.0. The van der Waals surface area contributed by atoms with Crippen LogP contribution in [0.3, 0.4) is 0 Å². The van der Waals surface area contributed by atoms with Crippen LogP contribution in [-0.2, 0) is 9.47 Å². The quantitative estimate of drug-likeness (QED) is 0.766. The minimum absolute atomic E-state index is 0.0262. The van der Waals surface area contributed by atoms with Crippen molar-refractivity contribution in [2.45, 2.75) is 12.2 Å². The number of rotatable bonds is 3. The minimum atomic E-state index is -0.0262. The molecule has 1 aromatic rings. The van der Waals surface area contributed by atoms with E-state index in [0.717, 1.165) is 8.45 Å². The number of carbonyl (C=O) groups is 1. The maximum Gasteiger partial charge on any atom is 0.254 e. The molecule has 1 fully saturated rings. The van der Waals surface area contributed by atoms with E-state index in [-0.39, 0.29) is 18.1 Å². The molecule has 17 heavy (non-hydrogen) atoms. The summed E-state index contributed by atoms with van der Waals surface area (Å²) in [6.45, 7) is 1.19. The Balaban J connectivity index is 2.07. The lowest BCUT2D eigenvalue weighted by molar-refractivity contribution is -0.00461. The number of methoxy groups -OCH3 is 2. The fourth-order valence-electron chi connectivity index (χ4n) is 1.97. The number of likely N-dealkylation sites (tertiary alicyclic amines) is 1. The maximum absolute atomic E-state index is 12.2. The molecule has 1 aromatic heterocycles. The van der Waals surface area contributed by atoms with Crippen molar-refractivity contribution in [3.05, 3.63) is 19.9 Å². The lowest BCUT2D eigenvalue weighted by Crippen LogP contribution is -2.29. The molecular weight excluding hydrogens is 353 g/mol. The second-order valence-corrected chi connectivity index (χ2v) is 6.70. The average Bonchev–Trinajstić information content (AvgIpc) is 2.93. The van der Waals surface area contributed by atoms with E-state index in [1.165, 1.54) is 0 Å². The summed E-state index contributed by atoms with van der Waals surface area (Å²) in [6.07, 6.45) is -0.0525. The van der Waals surface area contributed by atoms with Crippen LogP contribution < -0.4 is 0 Å². The smallest absolute Gasteiger partial charge is 0.254 e. The maximum atomic E-state index is 12.2. The number of amides is 1. The van der Waals surface area contributed by atoms with Crippen LogP contribution in [0.1, 0.15) is 10.4 Å². The van der Waals surface area contributed by atoms with Crippen LogP contribution >= 0.6 is 33.9 Å². The number of hydrogen-bond acceptors (Lipinski definition) is 4. The molecule has 1 aliphatic heterocycles. The van der Waals surface area contributed by atoms with Gasteiger partial charge in [-0.1, -0.05) is 0 Å². The molecule has 0 spiro atoms. The Kier molecular flexibility index (Phi) is 4.40. The van der Waals surface area contributed by atoms with E-state index in [9.17, 15) is 4.79 Å². The molecule has 0 aromatic carbocycles. The molecule has 0 N–H and O–H groups in total. The average molecular weight is 367 g/mol. The third kappa shape index (κ3) is 2.81. The van der Waals surface area contributed by atoms with E-state index in [0.29, 0.717) is 13.1 Å². The number of carbonyl (C=O) groups excluding carboxylic acids is 1. The van der Waals surface area contributed by atoms with Crippen LogP contribution in [0.25, 0.3) is 0 Å². The summed E-state index contributed by atoms with van der Waals surface area (Å²) in [7, 11) is 3.30. The topological polar surface area (TPSA) is 38.8 Å². The number of thiophene rings is 1. The fraction of sp³-hybridized carbons (Fsp3) is 0.545. The van der Waals surface area contributed by atoms with Gasteiger partial charge in [0.1, 0.15) is 12.2 Å². The van der Waals surface area contributed by atoms with E-state index >= 15 is 0 Å². The Bertz CT molecular complexity index is 397. The summed E-state index contributed by atoms with van der Waals surface area (Å²) in [5.41, 5.74) is 0.756. The highest BCUT2D eigenvalue weighted by Gasteiger charge is 2.35. The molecule has 0 aliphatic carbocycles. The SMILES string of the molecule is COC1CN(C(=O)c2csc(I)c2)CC1OC. The molecule has 4 nitrogen and oxygen atoms in total. The third-order valence-electron chi connectivity index (χ3n) is 2.92. The van der Waals surface area contributed by atoms with Gasteiger partial charge in [-0.3, -0.25) is 4.79 Å². The first-order valence-corrected chi connectivity index (χ1v) is 7.20. The minimum Gasteiger partial charge on any atom is -0.377 e. The zero-order valence-electron chi connectivity index (χ0n) is 9.68. The molecule has 1 saturated heterocycles. The zero-order valence-corrected chi connectivity index (χ0v) is 12.7. The van der Waals surface area contributed by atoms with Gasteiger partial charge in [-0.05, 0) is 28.7 Å².